The maximum atomic E-state index is 12.6. The summed E-state index contributed by atoms with van der Waals surface area (Å²) in [6.45, 7) is 1.90. The Morgan fingerprint density at radius 3 is 2.50 bits per heavy atom. The lowest BCUT2D eigenvalue weighted by Gasteiger charge is -2.35. The van der Waals surface area contributed by atoms with E-state index in [1.807, 2.05) is 32.1 Å². The quantitative estimate of drug-likeness (QED) is 0.900. The predicted octanol–water partition coefficient (Wildman–Crippen LogP) is 1.51. The Labute approximate surface area is 126 Å². The molecule has 2 aliphatic heterocycles. The summed E-state index contributed by atoms with van der Waals surface area (Å²) >= 11 is 0. The molecule has 2 aliphatic rings. The van der Waals surface area contributed by atoms with Crippen LogP contribution >= 0.6 is 12.4 Å². The first-order valence-corrected chi connectivity index (χ1v) is 7.08. The Kier molecular flexibility index (Phi) is 4.39. The first-order valence-electron chi connectivity index (χ1n) is 7.08. The highest BCUT2D eigenvalue weighted by Crippen LogP contribution is 2.29. The van der Waals surface area contributed by atoms with Gasteiger partial charge in [0, 0.05) is 38.4 Å². The first-order chi connectivity index (χ1) is 9.04. The van der Waals surface area contributed by atoms with E-state index in [1.165, 1.54) is 12.8 Å². The second-order valence-electron chi connectivity index (χ2n) is 5.98. The van der Waals surface area contributed by atoms with Crippen LogP contribution in [0.25, 0.3) is 0 Å². The van der Waals surface area contributed by atoms with Crippen molar-refractivity contribution in [2.24, 2.45) is 7.05 Å². The number of piperidine rings is 1. The minimum Gasteiger partial charge on any atom is -0.338 e. The smallest absolute Gasteiger partial charge is 0.257 e. The Balaban J connectivity index is 0.00000147. The van der Waals surface area contributed by atoms with Crippen LogP contribution in [0.3, 0.4) is 0 Å². The molecule has 2 atom stereocenters. The summed E-state index contributed by atoms with van der Waals surface area (Å²) in [4.78, 5) is 14.5. The monoisotopic (exact) mass is 298 g/mol. The van der Waals surface area contributed by atoms with Crippen molar-refractivity contribution in [3.05, 3.63) is 17.5 Å². The summed E-state index contributed by atoms with van der Waals surface area (Å²) in [5.74, 6) is 0.108. The van der Waals surface area contributed by atoms with Crippen LogP contribution in [-0.4, -0.2) is 45.8 Å². The van der Waals surface area contributed by atoms with E-state index >= 15 is 0 Å². The zero-order chi connectivity index (χ0) is 13.6. The number of nitrogens with one attached hydrogen (secondary N) is 1. The second-order valence-corrected chi connectivity index (χ2v) is 5.98. The van der Waals surface area contributed by atoms with E-state index in [-0.39, 0.29) is 18.3 Å². The third kappa shape index (κ3) is 2.69. The van der Waals surface area contributed by atoms with Crippen molar-refractivity contribution in [3.8, 4) is 0 Å². The van der Waals surface area contributed by atoms with E-state index in [1.54, 1.807) is 4.68 Å². The number of aromatic nitrogens is 2. The van der Waals surface area contributed by atoms with Gasteiger partial charge in [0.1, 0.15) is 0 Å². The molecule has 0 aromatic carbocycles. The summed E-state index contributed by atoms with van der Waals surface area (Å²) in [6.07, 6.45) is 6.50. The van der Waals surface area contributed by atoms with Gasteiger partial charge in [-0.2, -0.15) is 5.10 Å². The summed E-state index contributed by atoms with van der Waals surface area (Å²) in [6, 6.07) is 1.58. The van der Waals surface area contributed by atoms with Gasteiger partial charge < -0.3 is 10.2 Å². The van der Waals surface area contributed by atoms with Crippen molar-refractivity contribution in [1.82, 2.24) is 20.0 Å². The number of aryl methyl sites for hydroxylation is 2. The van der Waals surface area contributed by atoms with Crippen LogP contribution in [0, 0.1) is 6.92 Å². The molecule has 0 radical (unpaired) electrons. The Morgan fingerprint density at radius 1 is 1.40 bits per heavy atom. The van der Waals surface area contributed by atoms with Crippen LogP contribution in [-0.2, 0) is 7.05 Å². The Hall–Kier alpha value is -1.07. The molecule has 2 bridgehead atoms. The lowest BCUT2D eigenvalue weighted by molar-refractivity contribution is 0.0681. The van der Waals surface area contributed by atoms with Gasteiger partial charge >= 0.3 is 0 Å². The first kappa shape index (κ1) is 15.3. The van der Waals surface area contributed by atoms with Crippen LogP contribution in [0.4, 0.5) is 0 Å². The zero-order valence-corrected chi connectivity index (χ0v) is 13.1. The van der Waals surface area contributed by atoms with Gasteiger partial charge in [0.2, 0.25) is 0 Å². The highest BCUT2D eigenvalue weighted by atomic mass is 35.5. The van der Waals surface area contributed by atoms with Crippen molar-refractivity contribution in [3.63, 3.8) is 0 Å². The predicted molar refractivity (Wildman–Crippen MR) is 80.3 cm³/mol. The fourth-order valence-electron chi connectivity index (χ4n) is 3.51. The molecule has 1 N–H and O–H groups in total. The molecule has 2 unspecified atom stereocenters. The molecule has 20 heavy (non-hydrogen) atoms. The molecule has 6 heteroatoms. The average Bonchev–Trinajstić information content (AvgIpc) is 2.89. The van der Waals surface area contributed by atoms with Gasteiger partial charge in [-0.1, -0.05) is 0 Å². The van der Waals surface area contributed by atoms with E-state index in [4.69, 9.17) is 0 Å². The van der Waals surface area contributed by atoms with Crippen LogP contribution < -0.4 is 5.32 Å². The number of halogens is 1. The number of fused-ring (bicyclic) bond motifs is 2. The standard InChI is InChI=1S/C14H22N4O.ClH/c1-9-13(8-17(2)16-9)14(19)18(3)12-6-10-4-5-11(7-12)15-10;/h8,10-12,15H,4-7H2,1-3H3;1H. The van der Waals surface area contributed by atoms with Gasteiger partial charge in [-0.25, -0.2) is 0 Å². The number of hydrogen-bond donors (Lipinski definition) is 1. The molecule has 5 nitrogen and oxygen atoms in total. The van der Waals surface area contributed by atoms with E-state index in [0.717, 1.165) is 24.1 Å². The van der Waals surface area contributed by atoms with E-state index in [0.29, 0.717) is 18.1 Å². The summed E-state index contributed by atoms with van der Waals surface area (Å²) in [5, 5.41) is 7.87. The fourth-order valence-corrected chi connectivity index (χ4v) is 3.51. The van der Waals surface area contributed by atoms with E-state index < -0.39 is 0 Å². The molecule has 2 fully saturated rings. The number of amides is 1. The van der Waals surface area contributed by atoms with Gasteiger partial charge in [0.05, 0.1) is 11.3 Å². The Bertz CT molecular complexity index is 489. The van der Waals surface area contributed by atoms with Crippen molar-refractivity contribution >= 4 is 18.3 Å². The third-order valence-corrected chi connectivity index (χ3v) is 4.56. The highest BCUT2D eigenvalue weighted by Gasteiger charge is 2.36. The summed E-state index contributed by atoms with van der Waals surface area (Å²) in [7, 11) is 3.79. The molecular formula is C14H23ClN4O. The number of hydrogen-bond acceptors (Lipinski definition) is 3. The molecule has 2 saturated heterocycles. The topological polar surface area (TPSA) is 50.2 Å². The van der Waals surface area contributed by atoms with Gasteiger partial charge in [-0.15, -0.1) is 12.4 Å². The minimum absolute atomic E-state index is 0. The van der Waals surface area contributed by atoms with Gasteiger partial charge in [-0.05, 0) is 32.6 Å². The van der Waals surface area contributed by atoms with Crippen molar-refractivity contribution < 1.29 is 4.79 Å². The zero-order valence-electron chi connectivity index (χ0n) is 12.3. The number of carbonyl (C=O) groups is 1. The van der Waals surface area contributed by atoms with Crippen LogP contribution in [0.2, 0.25) is 0 Å². The third-order valence-electron chi connectivity index (χ3n) is 4.56. The highest BCUT2D eigenvalue weighted by molar-refractivity contribution is 5.95. The molecule has 0 saturated carbocycles. The number of rotatable bonds is 2. The molecule has 0 aliphatic carbocycles. The van der Waals surface area contributed by atoms with Crippen LogP contribution in [0.15, 0.2) is 6.20 Å². The normalized spacial score (nSPS) is 28.1. The molecular weight excluding hydrogens is 276 g/mol. The lowest BCUT2D eigenvalue weighted by Crippen LogP contribution is -2.48. The molecule has 0 spiro atoms. The average molecular weight is 299 g/mol. The van der Waals surface area contributed by atoms with Gasteiger partial charge in [0.15, 0.2) is 0 Å². The summed E-state index contributed by atoms with van der Waals surface area (Å²) < 4.78 is 1.71. The van der Waals surface area contributed by atoms with Crippen molar-refractivity contribution in [1.29, 1.82) is 0 Å². The summed E-state index contributed by atoms with van der Waals surface area (Å²) in [5.41, 5.74) is 1.55. The number of carbonyl (C=O) groups excluding carboxylic acids is 1. The SMILES string of the molecule is Cc1nn(C)cc1C(=O)N(C)C1CC2CCC(C1)N2.Cl. The Morgan fingerprint density at radius 2 is 2.00 bits per heavy atom. The van der Waals surface area contributed by atoms with Crippen molar-refractivity contribution in [2.75, 3.05) is 7.05 Å². The van der Waals surface area contributed by atoms with E-state index in [2.05, 4.69) is 10.4 Å². The maximum absolute atomic E-state index is 12.6. The van der Waals surface area contributed by atoms with E-state index in [9.17, 15) is 4.79 Å². The van der Waals surface area contributed by atoms with Crippen molar-refractivity contribution in [2.45, 2.75) is 50.7 Å². The van der Waals surface area contributed by atoms with Crippen LogP contribution in [0.1, 0.15) is 41.7 Å². The molecule has 1 aromatic rings. The minimum atomic E-state index is 0. The molecule has 3 heterocycles. The second kappa shape index (κ2) is 5.74. The molecule has 1 amide bonds. The fraction of sp³-hybridized carbons (Fsp3) is 0.714. The van der Waals surface area contributed by atoms with Crippen LogP contribution in [0.5, 0.6) is 0 Å². The number of nitrogens with zero attached hydrogens (tertiary/aromatic N) is 3. The van der Waals surface area contributed by atoms with Gasteiger partial charge in [-0.3, -0.25) is 9.48 Å². The largest absolute Gasteiger partial charge is 0.338 e. The molecule has 1 aromatic heterocycles. The maximum Gasteiger partial charge on any atom is 0.257 e. The molecule has 3 rings (SSSR count). The molecule has 112 valence electrons. The van der Waals surface area contributed by atoms with Gasteiger partial charge in [0.25, 0.3) is 5.91 Å². The lowest BCUT2D eigenvalue weighted by atomic mass is 9.98.